The van der Waals surface area contributed by atoms with Crippen molar-refractivity contribution in [2.45, 2.75) is 111 Å². The Balaban J connectivity index is 0.000000304. The van der Waals surface area contributed by atoms with Crippen molar-refractivity contribution in [3.63, 3.8) is 0 Å². The van der Waals surface area contributed by atoms with Gasteiger partial charge in [-0.05, 0) is 97.9 Å². The third-order valence-electron chi connectivity index (χ3n) is 8.07. The number of hydrogen-bond acceptors (Lipinski definition) is 6. The first kappa shape index (κ1) is 38.1. The lowest BCUT2D eigenvalue weighted by Crippen LogP contribution is -2.13. The second kappa shape index (κ2) is 22.4. The van der Waals surface area contributed by atoms with Gasteiger partial charge >= 0.3 is 11.9 Å². The van der Waals surface area contributed by atoms with Crippen LogP contribution < -0.4 is 9.47 Å². The molecule has 1 aromatic heterocycles. The molecule has 1 fully saturated rings. The van der Waals surface area contributed by atoms with Crippen molar-refractivity contribution in [2.75, 3.05) is 0 Å². The number of rotatable bonds is 14. The van der Waals surface area contributed by atoms with E-state index >= 15 is 0 Å². The molecule has 0 radical (unpaired) electrons. The lowest BCUT2D eigenvalue weighted by atomic mass is 9.77. The number of benzene rings is 2. The molecule has 248 valence electrons. The minimum absolute atomic E-state index is 0.402. The summed E-state index contributed by atoms with van der Waals surface area (Å²) in [5.41, 5.74) is 3.43. The first-order valence-electron chi connectivity index (χ1n) is 17.1. The fourth-order valence-electron chi connectivity index (χ4n) is 5.48. The molecule has 3 aromatic rings. The molecule has 6 nitrogen and oxygen atoms in total. The summed E-state index contributed by atoms with van der Waals surface area (Å²) in [6, 6.07) is 15.1. The summed E-state index contributed by atoms with van der Waals surface area (Å²) in [5.74, 6) is 2.48. The van der Waals surface area contributed by atoms with E-state index in [0.717, 1.165) is 29.5 Å². The van der Waals surface area contributed by atoms with E-state index in [4.69, 9.17) is 9.47 Å². The molecular weight excluding hydrogens is 572 g/mol. The van der Waals surface area contributed by atoms with Crippen LogP contribution in [0.15, 0.2) is 86.2 Å². The van der Waals surface area contributed by atoms with Crippen molar-refractivity contribution in [2.24, 2.45) is 5.92 Å². The largest absolute Gasteiger partial charge is 0.423 e. The van der Waals surface area contributed by atoms with Crippen molar-refractivity contribution in [3.05, 3.63) is 97.4 Å². The highest BCUT2D eigenvalue weighted by Gasteiger charge is 2.22. The lowest BCUT2D eigenvalue weighted by molar-refractivity contribution is -0.129. The van der Waals surface area contributed by atoms with Crippen LogP contribution in [0.2, 0.25) is 0 Å². The Morgan fingerprint density at radius 3 is 1.74 bits per heavy atom. The van der Waals surface area contributed by atoms with Crippen molar-refractivity contribution >= 4 is 11.9 Å². The van der Waals surface area contributed by atoms with Crippen LogP contribution in [0.3, 0.4) is 0 Å². The minimum Gasteiger partial charge on any atom is -0.423 e. The molecule has 0 aliphatic heterocycles. The maximum Gasteiger partial charge on any atom is 0.335 e. The predicted octanol–water partition coefficient (Wildman–Crippen LogP) is 10.6. The van der Waals surface area contributed by atoms with Gasteiger partial charge in [-0.1, -0.05) is 91.5 Å². The highest BCUT2D eigenvalue weighted by Crippen LogP contribution is 2.38. The number of esters is 2. The maximum atomic E-state index is 11.2. The molecule has 1 aliphatic carbocycles. The molecule has 6 heteroatoms. The SMILES string of the molecule is C=CC(=O)Oc1ccc(-c2ncc(CCCCC)cn2)cc1.C=CC(=O)Oc1ccc(C2CCC(CCCCC)CC2)cc1.CC. The van der Waals surface area contributed by atoms with Gasteiger partial charge < -0.3 is 9.47 Å². The van der Waals surface area contributed by atoms with Crippen LogP contribution in [0.4, 0.5) is 0 Å². The summed E-state index contributed by atoms with van der Waals surface area (Å²) in [6.45, 7) is 15.2. The van der Waals surface area contributed by atoms with Crippen LogP contribution in [0.25, 0.3) is 11.4 Å². The molecule has 0 amide bonds. The number of aromatic nitrogens is 2. The highest BCUT2D eigenvalue weighted by molar-refractivity contribution is 5.83. The number of hydrogen-bond donors (Lipinski definition) is 0. The van der Waals surface area contributed by atoms with E-state index < -0.39 is 11.9 Å². The average molecular weight is 627 g/mol. The van der Waals surface area contributed by atoms with E-state index in [1.807, 2.05) is 50.5 Å². The van der Waals surface area contributed by atoms with Gasteiger partial charge in [-0.25, -0.2) is 19.6 Å². The molecule has 0 bridgehead atoms. The second-order valence-corrected chi connectivity index (χ2v) is 11.4. The van der Waals surface area contributed by atoms with Gasteiger partial charge in [-0.2, -0.15) is 0 Å². The van der Waals surface area contributed by atoms with Crippen LogP contribution in [-0.2, 0) is 16.0 Å². The van der Waals surface area contributed by atoms with Gasteiger partial charge in [0.25, 0.3) is 0 Å². The van der Waals surface area contributed by atoms with E-state index in [0.29, 0.717) is 23.2 Å². The zero-order valence-electron chi connectivity index (χ0n) is 28.5. The summed E-state index contributed by atoms with van der Waals surface area (Å²) in [4.78, 5) is 31.1. The normalized spacial score (nSPS) is 15.2. The van der Waals surface area contributed by atoms with Crippen LogP contribution in [-0.4, -0.2) is 21.9 Å². The van der Waals surface area contributed by atoms with Gasteiger partial charge in [0, 0.05) is 30.1 Å². The Morgan fingerprint density at radius 1 is 0.739 bits per heavy atom. The van der Waals surface area contributed by atoms with Gasteiger partial charge in [0.05, 0.1) is 0 Å². The third-order valence-corrected chi connectivity index (χ3v) is 8.07. The summed E-state index contributed by atoms with van der Waals surface area (Å²) in [6.07, 6.45) is 21.5. The molecule has 0 spiro atoms. The first-order chi connectivity index (χ1) is 22.4. The monoisotopic (exact) mass is 626 g/mol. The number of nitrogens with zero attached hydrogens (tertiary/aromatic N) is 2. The molecule has 0 unspecified atom stereocenters. The molecule has 1 heterocycles. The standard InChI is InChI=1S/C20H28O2.C18H20N2O2.C2H6/c1-3-5-6-7-16-8-10-17(11-9-16)18-12-14-19(15-13-18)22-20(21)4-2;1-3-5-6-7-14-12-19-18(20-13-14)15-8-10-16(11-9-15)22-17(21)4-2;1-2/h4,12-17H,2-3,5-11H2,1H3;4,8-13H,2-3,5-7H2,1H3;1-2H3. The molecule has 2 aromatic carbocycles. The fraction of sp³-hybridized carbons (Fsp3) is 0.450. The van der Waals surface area contributed by atoms with Crippen molar-refractivity contribution < 1.29 is 19.1 Å². The zero-order valence-corrected chi connectivity index (χ0v) is 28.5. The van der Waals surface area contributed by atoms with E-state index in [1.54, 1.807) is 12.1 Å². The van der Waals surface area contributed by atoms with Crippen molar-refractivity contribution in [1.29, 1.82) is 0 Å². The third kappa shape index (κ3) is 13.9. The summed E-state index contributed by atoms with van der Waals surface area (Å²) >= 11 is 0. The van der Waals surface area contributed by atoms with Crippen LogP contribution >= 0.6 is 0 Å². The summed E-state index contributed by atoms with van der Waals surface area (Å²) in [7, 11) is 0. The number of carbonyl (C=O) groups excluding carboxylic acids is 2. The van der Waals surface area contributed by atoms with Crippen molar-refractivity contribution in [1.82, 2.24) is 9.97 Å². The number of carbonyl (C=O) groups is 2. The molecular formula is C40H54N2O4. The number of ether oxygens (including phenoxy) is 2. The number of aryl methyl sites for hydroxylation is 1. The Labute approximate surface area is 277 Å². The lowest BCUT2D eigenvalue weighted by Gasteiger charge is -2.29. The zero-order chi connectivity index (χ0) is 33.6. The topological polar surface area (TPSA) is 78.4 Å². The molecule has 1 aliphatic rings. The fourth-order valence-corrected chi connectivity index (χ4v) is 5.48. The second-order valence-electron chi connectivity index (χ2n) is 11.4. The van der Waals surface area contributed by atoms with Gasteiger partial charge in [0.1, 0.15) is 11.5 Å². The van der Waals surface area contributed by atoms with Crippen LogP contribution in [0.5, 0.6) is 11.5 Å². The van der Waals surface area contributed by atoms with E-state index in [1.165, 1.54) is 82.3 Å². The summed E-state index contributed by atoms with van der Waals surface area (Å²) < 4.78 is 10.2. The molecule has 0 atom stereocenters. The average Bonchev–Trinajstić information content (AvgIpc) is 3.11. The molecule has 0 N–H and O–H groups in total. The predicted molar refractivity (Wildman–Crippen MR) is 189 cm³/mol. The molecule has 4 rings (SSSR count). The van der Waals surface area contributed by atoms with Crippen molar-refractivity contribution in [3.8, 4) is 22.9 Å². The van der Waals surface area contributed by atoms with Gasteiger partial charge in [-0.3, -0.25) is 0 Å². The van der Waals surface area contributed by atoms with E-state index in [2.05, 4.69) is 49.1 Å². The molecule has 46 heavy (non-hydrogen) atoms. The number of unbranched alkanes of at least 4 members (excludes halogenated alkanes) is 4. The van der Waals surface area contributed by atoms with Gasteiger partial charge in [0.2, 0.25) is 0 Å². The molecule has 1 saturated carbocycles. The smallest absolute Gasteiger partial charge is 0.335 e. The Kier molecular flexibility index (Phi) is 18.6. The summed E-state index contributed by atoms with van der Waals surface area (Å²) in [5, 5.41) is 0. The van der Waals surface area contributed by atoms with Gasteiger partial charge in [-0.15, -0.1) is 0 Å². The Bertz CT molecular complexity index is 1290. The quantitative estimate of drug-likeness (QED) is 0.0767. The maximum absolute atomic E-state index is 11.2. The molecule has 0 saturated heterocycles. The Hall–Kier alpha value is -4.06. The first-order valence-corrected chi connectivity index (χ1v) is 17.1. The van der Waals surface area contributed by atoms with E-state index in [-0.39, 0.29) is 0 Å². The van der Waals surface area contributed by atoms with Crippen LogP contribution in [0.1, 0.15) is 115 Å². The minimum atomic E-state index is -0.472. The highest BCUT2D eigenvalue weighted by atomic mass is 16.5. The Morgan fingerprint density at radius 2 is 1.24 bits per heavy atom. The van der Waals surface area contributed by atoms with Crippen LogP contribution in [0, 0.1) is 5.92 Å². The van der Waals surface area contributed by atoms with E-state index in [9.17, 15) is 9.59 Å². The van der Waals surface area contributed by atoms with Gasteiger partial charge in [0.15, 0.2) is 5.82 Å².